The van der Waals surface area contributed by atoms with E-state index in [0.29, 0.717) is 6.04 Å². The van der Waals surface area contributed by atoms with E-state index in [2.05, 4.69) is 22.1 Å². The summed E-state index contributed by atoms with van der Waals surface area (Å²) in [6.07, 6.45) is 4.03. The number of aliphatic imine (C=N–C) groups is 1. The van der Waals surface area contributed by atoms with Crippen LogP contribution in [0.15, 0.2) is 4.99 Å². The maximum absolute atomic E-state index is 10.6. The van der Waals surface area contributed by atoms with Gasteiger partial charge in [0, 0.05) is 26.6 Å². The zero-order chi connectivity index (χ0) is 10.4. The SMILES string of the molecule is CCCN1C=NC(CCNC(C)=O)C1. The zero-order valence-corrected chi connectivity index (χ0v) is 8.99. The molecule has 4 heteroatoms. The number of nitrogens with zero attached hydrogens (tertiary/aromatic N) is 2. The number of carbonyl (C=O) groups excluding carboxylic acids is 1. The fraction of sp³-hybridized carbons (Fsp3) is 0.800. The minimum Gasteiger partial charge on any atom is -0.361 e. The van der Waals surface area contributed by atoms with Crippen molar-refractivity contribution in [3.05, 3.63) is 0 Å². The molecule has 0 bridgehead atoms. The molecule has 0 saturated heterocycles. The summed E-state index contributed by atoms with van der Waals surface area (Å²) in [6.45, 7) is 6.53. The van der Waals surface area contributed by atoms with Crippen LogP contribution >= 0.6 is 0 Å². The van der Waals surface area contributed by atoms with Crippen LogP contribution in [-0.2, 0) is 4.79 Å². The fourth-order valence-corrected chi connectivity index (χ4v) is 1.57. The predicted octanol–water partition coefficient (Wildman–Crippen LogP) is 0.635. The number of hydrogen-bond acceptors (Lipinski definition) is 3. The van der Waals surface area contributed by atoms with Crippen LogP contribution in [0, 0.1) is 0 Å². The average molecular weight is 197 g/mol. The molecule has 1 amide bonds. The third kappa shape index (κ3) is 3.77. The molecule has 0 fully saturated rings. The smallest absolute Gasteiger partial charge is 0.216 e. The summed E-state index contributed by atoms with van der Waals surface area (Å²) in [5.74, 6) is 0.0393. The molecule has 1 atom stereocenters. The molecule has 80 valence electrons. The van der Waals surface area contributed by atoms with Crippen molar-refractivity contribution in [2.45, 2.75) is 32.7 Å². The van der Waals surface area contributed by atoms with Gasteiger partial charge in [-0.05, 0) is 12.8 Å². The summed E-state index contributed by atoms with van der Waals surface area (Å²) in [7, 11) is 0. The first-order chi connectivity index (χ1) is 6.72. The summed E-state index contributed by atoms with van der Waals surface area (Å²) >= 11 is 0. The van der Waals surface area contributed by atoms with Crippen LogP contribution in [0.2, 0.25) is 0 Å². The first kappa shape index (κ1) is 11.0. The van der Waals surface area contributed by atoms with Crippen molar-refractivity contribution in [3.8, 4) is 0 Å². The molecule has 0 aliphatic carbocycles. The maximum atomic E-state index is 10.6. The van der Waals surface area contributed by atoms with Crippen LogP contribution in [0.1, 0.15) is 26.7 Å². The highest BCUT2D eigenvalue weighted by Crippen LogP contribution is 2.07. The Balaban J connectivity index is 2.11. The summed E-state index contributed by atoms with van der Waals surface area (Å²) < 4.78 is 0. The monoisotopic (exact) mass is 197 g/mol. The Kier molecular flexibility index (Phi) is 4.43. The largest absolute Gasteiger partial charge is 0.361 e. The molecule has 1 N–H and O–H groups in total. The highest BCUT2D eigenvalue weighted by molar-refractivity contribution is 5.72. The molecule has 0 spiro atoms. The van der Waals surface area contributed by atoms with E-state index >= 15 is 0 Å². The maximum Gasteiger partial charge on any atom is 0.216 e. The van der Waals surface area contributed by atoms with E-state index in [9.17, 15) is 4.79 Å². The molecule has 1 aliphatic heterocycles. The van der Waals surface area contributed by atoms with Crippen LogP contribution in [0.5, 0.6) is 0 Å². The molecule has 14 heavy (non-hydrogen) atoms. The Hall–Kier alpha value is -1.06. The molecule has 0 aromatic carbocycles. The van der Waals surface area contributed by atoms with Crippen LogP contribution in [0.25, 0.3) is 0 Å². The second-order valence-corrected chi connectivity index (χ2v) is 3.68. The zero-order valence-electron chi connectivity index (χ0n) is 8.99. The Morgan fingerprint density at radius 3 is 3.14 bits per heavy atom. The van der Waals surface area contributed by atoms with E-state index in [1.54, 1.807) is 6.92 Å². The Morgan fingerprint density at radius 1 is 1.71 bits per heavy atom. The van der Waals surface area contributed by atoms with Gasteiger partial charge >= 0.3 is 0 Å². The van der Waals surface area contributed by atoms with Crippen molar-refractivity contribution in [1.82, 2.24) is 10.2 Å². The Bertz CT molecular complexity index is 215. The number of rotatable bonds is 5. The van der Waals surface area contributed by atoms with Gasteiger partial charge in [0.2, 0.25) is 5.91 Å². The van der Waals surface area contributed by atoms with E-state index in [-0.39, 0.29) is 5.91 Å². The van der Waals surface area contributed by atoms with Crippen molar-refractivity contribution in [2.24, 2.45) is 4.99 Å². The molecule has 1 unspecified atom stereocenters. The summed E-state index contributed by atoms with van der Waals surface area (Å²) in [6, 6.07) is 0.369. The molecule has 0 saturated carbocycles. The third-order valence-corrected chi connectivity index (χ3v) is 2.25. The predicted molar refractivity (Wildman–Crippen MR) is 57.4 cm³/mol. The highest BCUT2D eigenvalue weighted by atomic mass is 16.1. The topological polar surface area (TPSA) is 44.7 Å². The molecular formula is C10H19N3O. The second-order valence-electron chi connectivity index (χ2n) is 3.68. The Morgan fingerprint density at radius 2 is 2.50 bits per heavy atom. The Labute approximate surface area is 85.4 Å². The van der Waals surface area contributed by atoms with Gasteiger partial charge in [-0.15, -0.1) is 0 Å². The minimum absolute atomic E-state index is 0.0393. The first-order valence-electron chi connectivity index (χ1n) is 5.24. The molecule has 0 aromatic heterocycles. The lowest BCUT2D eigenvalue weighted by atomic mass is 10.2. The van der Waals surface area contributed by atoms with Crippen LogP contribution in [0.3, 0.4) is 0 Å². The summed E-state index contributed by atoms with van der Waals surface area (Å²) in [5.41, 5.74) is 0. The molecular weight excluding hydrogens is 178 g/mol. The number of nitrogens with one attached hydrogen (secondary N) is 1. The average Bonchev–Trinajstić information content (AvgIpc) is 2.53. The molecule has 1 heterocycles. The van der Waals surface area contributed by atoms with Crippen LogP contribution < -0.4 is 5.32 Å². The highest BCUT2D eigenvalue weighted by Gasteiger charge is 2.15. The summed E-state index contributed by atoms with van der Waals surface area (Å²) in [4.78, 5) is 17.2. The van der Waals surface area contributed by atoms with Crippen molar-refractivity contribution < 1.29 is 4.79 Å². The van der Waals surface area contributed by atoms with Crippen LogP contribution in [0.4, 0.5) is 0 Å². The van der Waals surface area contributed by atoms with E-state index in [1.807, 2.05) is 6.34 Å². The minimum atomic E-state index is 0.0393. The lowest BCUT2D eigenvalue weighted by Crippen LogP contribution is -2.28. The number of carbonyl (C=O) groups is 1. The quantitative estimate of drug-likeness (QED) is 0.702. The number of amides is 1. The molecule has 0 radical (unpaired) electrons. The van der Waals surface area contributed by atoms with Gasteiger partial charge in [-0.1, -0.05) is 6.92 Å². The van der Waals surface area contributed by atoms with Gasteiger partial charge in [-0.25, -0.2) is 0 Å². The van der Waals surface area contributed by atoms with Crippen molar-refractivity contribution in [3.63, 3.8) is 0 Å². The van der Waals surface area contributed by atoms with Crippen molar-refractivity contribution in [2.75, 3.05) is 19.6 Å². The second kappa shape index (κ2) is 5.62. The van der Waals surface area contributed by atoms with E-state index in [1.165, 1.54) is 0 Å². The van der Waals surface area contributed by atoms with Gasteiger partial charge in [0.1, 0.15) is 0 Å². The van der Waals surface area contributed by atoms with Crippen molar-refractivity contribution >= 4 is 12.2 Å². The van der Waals surface area contributed by atoms with Gasteiger partial charge in [-0.2, -0.15) is 0 Å². The summed E-state index contributed by atoms with van der Waals surface area (Å²) in [5, 5.41) is 2.79. The molecule has 0 aromatic rings. The van der Waals surface area contributed by atoms with Gasteiger partial charge in [-0.3, -0.25) is 9.79 Å². The third-order valence-electron chi connectivity index (χ3n) is 2.25. The lowest BCUT2D eigenvalue weighted by Gasteiger charge is -2.14. The van der Waals surface area contributed by atoms with E-state index in [4.69, 9.17) is 0 Å². The fourth-order valence-electron chi connectivity index (χ4n) is 1.57. The van der Waals surface area contributed by atoms with Crippen LogP contribution in [-0.4, -0.2) is 42.8 Å². The van der Waals surface area contributed by atoms with E-state index in [0.717, 1.165) is 32.5 Å². The molecule has 1 aliphatic rings. The van der Waals surface area contributed by atoms with Gasteiger partial charge in [0.05, 0.1) is 12.4 Å². The lowest BCUT2D eigenvalue weighted by molar-refractivity contribution is -0.118. The normalized spacial score (nSPS) is 20.1. The molecule has 1 rings (SSSR count). The molecule has 4 nitrogen and oxygen atoms in total. The standard InChI is InChI=1S/C10H19N3O/c1-3-6-13-7-10(12-8-13)4-5-11-9(2)14/h8,10H,3-7H2,1-2H3,(H,11,14). The van der Waals surface area contributed by atoms with E-state index < -0.39 is 0 Å². The van der Waals surface area contributed by atoms with Gasteiger partial charge < -0.3 is 10.2 Å². The van der Waals surface area contributed by atoms with Gasteiger partial charge in [0.15, 0.2) is 0 Å². The van der Waals surface area contributed by atoms with Gasteiger partial charge in [0.25, 0.3) is 0 Å². The first-order valence-corrected chi connectivity index (χ1v) is 5.24. The number of hydrogen-bond donors (Lipinski definition) is 1. The van der Waals surface area contributed by atoms with Crippen molar-refractivity contribution in [1.29, 1.82) is 0 Å².